The smallest absolute Gasteiger partial charge is 0.133 e. The van der Waals surface area contributed by atoms with Crippen molar-refractivity contribution in [3.8, 4) is 0 Å². The Kier molecular flexibility index (Phi) is 5.41. The van der Waals surface area contributed by atoms with Gasteiger partial charge in [-0.2, -0.15) is 0 Å². The summed E-state index contributed by atoms with van der Waals surface area (Å²) in [4.78, 5) is 11.1. The predicted octanol–water partition coefficient (Wildman–Crippen LogP) is 4.04. The minimum absolute atomic E-state index is 0.219. The molecule has 23 heavy (non-hydrogen) atoms. The molecule has 0 radical (unpaired) electrons. The van der Waals surface area contributed by atoms with E-state index in [9.17, 15) is 0 Å². The molecule has 2 aromatic rings. The van der Waals surface area contributed by atoms with Gasteiger partial charge in [-0.25, -0.2) is 9.97 Å². The van der Waals surface area contributed by atoms with Crippen LogP contribution in [-0.2, 0) is 10.5 Å². The molecule has 4 nitrogen and oxygen atoms in total. The van der Waals surface area contributed by atoms with Gasteiger partial charge in [0.2, 0.25) is 0 Å². The molecule has 0 N–H and O–H groups in total. The van der Waals surface area contributed by atoms with Crippen molar-refractivity contribution in [2.45, 2.75) is 36.8 Å². The average molecular weight is 350 g/mol. The lowest BCUT2D eigenvalue weighted by molar-refractivity contribution is -0.00548. The van der Waals surface area contributed by atoms with E-state index in [0.717, 1.165) is 34.7 Å². The van der Waals surface area contributed by atoms with Gasteiger partial charge in [0.25, 0.3) is 0 Å². The summed E-state index contributed by atoms with van der Waals surface area (Å²) in [7, 11) is 0. The molecule has 2 unspecified atom stereocenters. The lowest BCUT2D eigenvalue weighted by atomic mass is 10.2. The molecule has 1 fully saturated rings. The van der Waals surface area contributed by atoms with Crippen LogP contribution in [0.15, 0.2) is 41.7 Å². The number of morpholine rings is 1. The number of nitrogens with zero attached hydrogens (tertiary/aromatic N) is 3. The number of benzene rings is 1. The van der Waals surface area contributed by atoms with Crippen molar-refractivity contribution in [2.24, 2.45) is 0 Å². The Morgan fingerprint density at radius 1 is 1.22 bits per heavy atom. The van der Waals surface area contributed by atoms with E-state index in [0.29, 0.717) is 0 Å². The minimum atomic E-state index is 0.219. The molecule has 0 saturated carbocycles. The predicted molar refractivity (Wildman–Crippen MR) is 95.3 cm³/mol. The zero-order chi connectivity index (χ0) is 16.2. The van der Waals surface area contributed by atoms with E-state index in [2.05, 4.69) is 40.8 Å². The van der Waals surface area contributed by atoms with Crippen LogP contribution in [0, 0.1) is 0 Å². The number of hydrogen-bond donors (Lipinski definition) is 0. The van der Waals surface area contributed by atoms with Crippen LogP contribution in [-0.4, -0.2) is 35.3 Å². The van der Waals surface area contributed by atoms with E-state index < -0.39 is 0 Å². The standard InChI is InChI=1S/C17H20ClN3OS/c1-12-8-21(9-13(2)22-12)16-7-17(20-11-19-16)23-10-14-4-3-5-15(18)6-14/h3-7,11-13H,8-10H2,1-2H3. The number of ether oxygens (including phenoxy) is 1. The number of thioether (sulfide) groups is 1. The summed E-state index contributed by atoms with van der Waals surface area (Å²) in [5.74, 6) is 1.81. The summed E-state index contributed by atoms with van der Waals surface area (Å²) in [6, 6.07) is 9.98. The fourth-order valence-corrected chi connectivity index (χ4v) is 3.75. The van der Waals surface area contributed by atoms with Crippen molar-refractivity contribution < 1.29 is 4.74 Å². The van der Waals surface area contributed by atoms with E-state index in [-0.39, 0.29) is 12.2 Å². The van der Waals surface area contributed by atoms with E-state index in [1.165, 1.54) is 5.56 Å². The Labute approximate surface area is 146 Å². The summed E-state index contributed by atoms with van der Waals surface area (Å²) in [5.41, 5.74) is 1.19. The molecule has 0 spiro atoms. The zero-order valence-corrected chi connectivity index (χ0v) is 14.8. The number of hydrogen-bond acceptors (Lipinski definition) is 5. The van der Waals surface area contributed by atoms with Gasteiger partial charge < -0.3 is 9.64 Å². The van der Waals surface area contributed by atoms with E-state index in [4.69, 9.17) is 16.3 Å². The van der Waals surface area contributed by atoms with Gasteiger partial charge in [0.1, 0.15) is 17.2 Å². The van der Waals surface area contributed by atoms with Crippen molar-refractivity contribution in [3.63, 3.8) is 0 Å². The largest absolute Gasteiger partial charge is 0.372 e. The maximum Gasteiger partial charge on any atom is 0.133 e. The summed E-state index contributed by atoms with van der Waals surface area (Å²) in [6.45, 7) is 5.91. The molecule has 0 amide bonds. The molecule has 3 rings (SSSR count). The van der Waals surface area contributed by atoms with Crippen LogP contribution in [0.1, 0.15) is 19.4 Å². The van der Waals surface area contributed by atoms with Gasteiger partial charge in [-0.3, -0.25) is 0 Å². The Hall–Kier alpha value is -1.30. The number of rotatable bonds is 4. The molecule has 0 bridgehead atoms. The van der Waals surface area contributed by atoms with Gasteiger partial charge >= 0.3 is 0 Å². The molecule has 2 atom stereocenters. The van der Waals surface area contributed by atoms with Crippen molar-refractivity contribution in [3.05, 3.63) is 47.2 Å². The maximum absolute atomic E-state index is 6.03. The summed E-state index contributed by atoms with van der Waals surface area (Å²) < 4.78 is 5.78. The lowest BCUT2D eigenvalue weighted by Gasteiger charge is -2.36. The Morgan fingerprint density at radius 2 is 2.00 bits per heavy atom. The maximum atomic E-state index is 6.03. The fraction of sp³-hybridized carbons (Fsp3) is 0.412. The number of aromatic nitrogens is 2. The highest BCUT2D eigenvalue weighted by atomic mass is 35.5. The van der Waals surface area contributed by atoms with Crippen molar-refractivity contribution in [1.29, 1.82) is 0 Å². The van der Waals surface area contributed by atoms with Gasteiger partial charge in [0, 0.05) is 29.9 Å². The molecule has 1 aromatic heterocycles. The topological polar surface area (TPSA) is 38.2 Å². The molecule has 1 aliphatic rings. The molecule has 0 aliphatic carbocycles. The van der Waals surface area contributed by atoms with Gasteiger partial charge in [-0.05, 0) is 31.5 Å². The van der Waals surface area contributed by atoms with Crippen LogP contribution < -0.4 is 4.90 Å². The molecular weight excluding hydrogens is 330 g/mol. The van der Waals surface area contributed by atoms with Crippen LogP contribution in [0.5, 0.6) is 0 Å². The van der Waals surface area contributed by atoms with Crippen LogP contribution in [0.4, 0.5) is 5.82 Å². The highest BCUT2D eigenvalue weighted by molar-refractivity contribution is 7.98. The van der Waals surface area contributed by atoms with E-state index in [1.807, 2.05) is 18.2 Å². The van der Waals surface area contributed by atoms with Crippen molar-refractivity contribution in [2.75, 3.05) is 18.0 Å². The quantitative estimate of drug-likeness (QED) is 0.615. The monoisotopic (exact) mass is 349 g/mol. The Morgan fingerprint density at radius 3 is 2.74 bits per heavy atom. The number of anilines is 1. The molecule has 1 saturated heterocycles. The molecule has 6 heteroatoms. The Bertz CT molecular complexity index is 660. The first-order chi connectivity index (χ1) is 11.1. The zero-order valence-electron chi connectivity index (χ0n) is 13.3. The molecule has 1 aromatic carbocycles. The van der Waals surface area contributed by atoms with Crippen LogP contribution >= 0.6 is 23.4 Å². The molecule has 2 heterocycles. The molecule has 122 valence electrons. The summed E-state index contributed by atoms with van der Waals surface area (Å²) in [5, 5.41) is 1.74. The first kappa shape index (κ1) is 16.6. The molecule has 1 aliphatic heterocycles. The van der Waals surface area contributed by atoms with Crippen LogP contribution in [0.2, 0.25) is 5.02 Å². The second-order valence-corrected chi connectivity index (χ2v) is 7.23. The average Bonchev–Trinajstić information content (AvgIpc) is 2.52. The van der Waals surface area contributed by atoms with Crippen LogP contribution in [0.3, 0.4) is 0 Å². The third-order valence-electron chi connectivity index (χ3n) is 3.65. The Balaban J connectivity index is 1.67. The number of halogens is 1. The van der Waals surface area contributed by atoms with E-state index >= 15 is 0 Å². The summed E-state index contributed by atoms with van der Waals surface area (Å²) in [6.07, 6.45) is 2.08. The molecular formula is C17H20ClN3OS. The highest BCUT2D eigenvalue weighted by Gasteiger charge is 2.23. The van der Waals surface area contributed by atoms with Gasteiger partial charge in [0.15, 0.2) is 0 Å². The first-order valence-electron chi connectivity index (χ1n) is 7.70. The second kappa shape index (κ2) is 7.51. The minimum Gasteiger partial charge on any atom is -0.372 e. The lowest BCUT2D eigenvalue weighted by Crippen LogP contribution is -2.45. The van der Waals surface area contributed by atoms with Gasteiger partial charge in [-0.15, -0.1) is 11.8 Å². The summed E-state index contributed by atoms with van der Waals surface area (Å²) >= 11 is 7.72. The van der Waals surface area contributed by atoms with E-state index in [1.54, 1.807) is 18.1 Å². The third-order valence-corrected chi connectivity index (χ3v) is 4.88. The third kappa shape index (κ3) is 4.59. The fourth-order valence-electron chi connectivity index (χ4n) is 2.73. The van der Waals surface area contributed by atoms with Crippen molar-refractivity contribution >= 4 is 29.2 Å². The van der Waals surface area contributed by atoms with Gasteiger partial charge in [-0.1, -0.05) is 23.7 Å². The van der Waals surface area contributed by atoms with Gasteiger partial charge in [0.05, 0.1) is 12.2 Å². The van der Waals surface area contributed by atoms with Crippen molar-refractivity contribution in [1.82, 2.24) is 9.97 Å². The highest BCUT2D eigenvalue weighted by Crippen LogP contribution is 2.26. The normalized spacial score (nSPS) is 21.4. The second-order valence-electron chi connectivity index (χ2n) is 5.80. The SMILES string of the molecule is CC1CN(c2cc(SCc3cccc(Cl)c3)ncn2)CC(C)O1. The first-order valence-corrected chi connectivity index (χ1v) is 9.06. The van der Waals surface area contributed by atoms with Crippen LogP contribution in [0.25, 0.3) is 0 Å².